The third-order valence-corrected chi connectivity index (χ3v) is 2.37. The fourth-order valence-corrected chi connectivity index (χ4v) is 1.13. The van der Waals surface area contributed by atoms with Crippen molar-refractivity contribution in [3.63, 3.8) is 0 Å². The van der Waals surface area contributed by atoms with E-state index < -0.39 is 0 Å². The van der Waals surface area contributed by atoms with Crippen molar-refractivity contribution in [3.8, 4) is 0 Å². The largest absolute Gasteiger partial charge is 0.350 e. The molecule has 0 heterocycles. The van der Waals surface area contributed by atoms with Gasteiger partial charge in [-0.2, -0.15) is 12.6 Å². The Hall–Kier alpha value is -0.180. The van der Waals surface area contributed by atoms with E-state index in [1.165, 1.54) is 0 Å². The van der Waals surface area contributed by atoms with Crippen molar-refractivity contribution in [2.75, 3.05) is 5.75 Å². The number of rotatable bonds is 3. The van der Waals surface area contributed by atoms with Gasteiger partial charge in [0.2, 0.25) is 5.91 Å². The topological polar surface area (TPSA) is 29.1 Å². The predicted molar refractivity (Wildman–Crippen MR) is 44.3 cm³/mol. The summed E-state index contributed by atoms with van der Waals surface area (Å²) in [5, 5.41) is 2.95. The second kappa shape index (κ2) is 2.82. The van der Waals surface area contributed by atoms with Crippen LogP contribution in [0.4, 0.5) is 0 Å². The summed E-state index contributed by atoms with van der Waals surface area (Å²) in [5.74, 6) is 0.365. The number of hydrogen-bond donors (Lipinski definition) is 2. The quantitative estimate of drug-likeness (QED) is 0.590. The Bertz CT molecular complexity index is 143. The normalized spacial score (nSPS) is 20.2. The van der Waals surface area contributed by atoms with E-state index in [2.05, 4.69) is 24.9 Å². The number of thiol groups is 1. The average Bonchev–Trinajstić information content (AvgIpc) is 2.70. The zero-order chi connectivity index (χ0) is 7.61. The fraction of sp³-hybridized carbons (Fsp3) is 0.857. The lowest BCUT2D eigenvalue weighted by Crippen LogP contribution is -2.36. The molecule has 1 aliphatic carbocycles. The Morgan fingerprint density at radius 1 is 1.70 bits per heavy atom. The van der Waals surface area contributed by atoms with E-state index in [4.69, 9.17) is 0 Å². The van der Waals surface area contributed by atoms with Gasteiger partial charge in [0.25, 0.3) is 0 Å². The van der Waals surface area contributed by atoms with Gasteiger partial charge in [-0.1, -0.05) is 6.92 Å². The van der Waals surface area contributed by atoms with E-state index in [0.717, 1.165) is 19.3 Å². The molecule has 1 rings (SSSR count). The number of nitrogens with one attached hydrogen (secondary N) is 1. The first-order valence-electron chi connectivity index (χ1n) is 3.64. The fourth-order valence-electron chi connectivity index (χ4n) is 1.05. The lowest BCUT2D eigenvalue weighted by Gasteiger charge is -2.13. The van der Waals surface area contributed by atoms with Crippen molar-refractivity contribution in [1.29, 1.82) is 0 Å². The van der Waals surface area contributed by atoms with E-state index >= 15 is 0 Å². The zero-order valence-corrected chi connectivity index (χ0v) is 7.08. The summed E-state index contributed by atoms with van der Waals surface area (Å²) in [7, 11) is 0. The molecule has 0 radical (unpaired) electrons. The smallest absolute Gasteiger partial charge is 0.230 e. The van der Waals surface area contributed by atoms with Gasteiger partial charge in [-0.25, -0.2) is 0 Å². The van der Waals surface area contributed by atoms with E-state index in [1.54, 1.807) is 0 Å². The molecule has 2 nitrogen and oxygen atoms in total. The molecule has 0 aromatic rings. The number of carbonyl (C=O) groups is 1. The second-order valence-electron chi connectivity index (χ2n) is 2.84. The van der Waals surface area contributed by atoms with Crippen LogP contribution in [-0.2, 0) is 4.79 Å². The Kier molecular flexibility index (Phi) is 2.24. The standard InChI is InChI=1S/C7H13NOS/c1-2-7(3-4-7)8-6(9)5-10/h10H,2-5H2,1H3,(H,8,9). The van der Waals surface area contributed by atoms with E-state index in [9.17, 15) is 4.79 Å². The van der Waals surface area contributed by atoms with Crippen LogP contribution in [0.1, 0.15) is 26.2 Å². The van der Waals surface area contributed by atoms with Gasteiger partial charge in [0.15, 0.2) is 0 Å². The molecule has 1 N–H and O–H groups in total. The summed E-state index contributed by atoms with van der Waals surface area (Å²) in [6.45, 7) is 2.10. The molecular weight excluding hydrogens is 146 g/mol. The first-order chi connectivity index (χ1) is 4.72. The van der Waals surface area contributed by atoms with Crippen LogP contribution in [0.15, 0.2) is 0 Å². The molecule has 0 aromatic carbocycles. The first kappa shape index (κ1) is 7.92. The van der Waals surface area contributed by atoms with Crippen LogP contribution in [0, 0.1) is 0 Å². The maximum absolute atomic E-state index is 10.8. The second-order valence-corrected chi connectivity index (χ2v) is 3.16. The van der Waals surface area contributed by atoms with Gasteiger partial charge in [-0.15, -0.1) is 0 Å². The minimum atomic E-state index is 0.0580. The summed E-state index contributed by atoms with van der Waals surface area (Å²) in [6, 6.07) is 0. The van der Waals surface area contributed by atoms with Crippen LogP contribution >= 0.6 is 12.6 Å². The van der Waals surface area contributed by atoms with E-state index in [-0.39, 0.29) is 11.4 Å². The van der Waals surface area contributed by atoms with Gasteiger partial charge < -0.3 is 5.32 Å². The number of amides is 1. The first-order valence-corrected chi connectivity index (χ1v) is 4.27. The molecule has 0 saturated heterocycles. The van der Waals surface area contributed by atoms with Gasteiger partial charge in [0.1, 0.15) is 0 Å². The monoisotopic (exact) mass is 159 g/mol. The summed E-state index contributed by atoms with van der Waals surface area (Å²) in [4.78, 5) is 10.8. The third kappa shape index (κ3) is 1.66. The summed E-state index contributed by atoms with van der Waals surface area (Å²) >= 11 is 3.88. The Morgan fingerprint density at radius 3 is 2.60 bits per heavy atom. The van der Waals surface area contributed by atoms with Gasteiger partial charge in [0, 0.05) is 5.54 Å². The average molecular weight is 159 g/mol. The van der Waals surface area contributed by atoms with Crippen LogP contribution in [0.25, 0.3) is 0 Å². The summed E-state index contributed by atoms with van der Waals surface area (Å²) in [5.41, 5.74) is 0.166. The van der Waals surface area contributed by atoms with Gasteiger partial charge >= 0.3 is 0 Å². The van der Waals surface area contributed by atoms with E-state index in [0.29, 0.717) is 5.75 Å². The van der Waals surface area contributed by atoms with Crippen molar-refractivity contribution >= 4 is 18.5 Å². The molecule has 0 atom stereocenters. The minimum Gasteiger partial charge on any atom is -0.350 e. The van der Waals surface area contributed by atoms with Crippen LogP contribution in [0.2, 0.25) is 0 Å². The van der Waals surface area contributed by atoms with Gasteiger partial charge in [-0.05, 0) is 19.3 Å². The molecular formula is C7H13NOS. The Morgan fingerprint density at radius 2 is 2.30 bits per heavy atom. The highest BCUT2D eigenvalue weighted by Gasteiger charge is 2.41. The minimum absolute atomic E-state index is 0.0580. The third-order valence-electron chi connectivity index (χ3n) is 2.08. The SMILES string of the molecule is CCC1(NC(=O)CS)CC1. The van der Waals surface area contributed by atoms with Gasteiger partial charge in [-0.3, -0.25) is 4.79 Å². The highest BCUT2D eigenvalue weighted by molar-refractivity contribution is 7.81. The van der Waals surface area contributed by atoms with Crippen molar-refractivity contribution in [3.05, 3.63) is 0 Å². The van der Waals surface area contributed by atoms with Crippen molar-refractivity contribution in [1.82, 2.24) is 5.32 Å². The number of carbonyl (C=O) groups excluding carboxylic acids is 1. The van der Waals surface area contributed by atoms with Crippen molar-refractivity contribution < 1.29 is 4.79 Å². The van der Waals surface area contributed by atoms with Crippen LogP contribution < -0.4 is 5.32 Å². The molecule has 1 aliphatic rings. The summed E-state index contributed by atoms with van der Waals surface area (Å²) < 4.78 is 0. The highest BCUT2D eigenvalue weighted by atomic mass is 32.1. The maximum atomic E-state index is 10.8. The molecule has 3 heteroatoms. The van der Waals surface area contributed by atoms with Crippen LogP contribution in [0.3, 0.4) is 0 Å². The molecule has 1 fully saturated rings. The van der Waals surface area contributed by atoms with Crippen LogP contribution in [-0.4, -0.2) is 17.2 Å². The molecule has 1 amide bonds. The molecule has 0 aliphatic heterocycles. The lowest BCUT2D eigenvalue weighted by atomic mass is 10.2. The molecule has 10 heavy (non-hydrogen) atoms. The lowest BCUT2D eigenvalue weighted by molar-refractivity contribution is -0.119. The highest BCUT2D eigenvalue weighted by Crippen LogP contribution is 2.38. The summed E-state index contributed by atoms with van der Waals surface area (Å²) in [6.07, 6.45) is 3.33. The molecule has 0 unspecified atom stereocenters. The Labute approximate surface area is 66.8 Å². The zero-order valence-electron chi connectivity index (χ0n) is 6.18. The molecule has 0 aromatic heterocycles. The van der Waals surface area contributed by atoms with E-state index in [1.807, 2.05) is 0 Å². The number of hydrogen-bond acceptors (Lipinski definition) is 2. The maximum Gasteiger partial charge on any atom is 0.230 e. The van der Waals surface area contributed by atoms with Crippen molar-refractivity contribution in [2.45, 2.75) is 31.7 Å². The molecule has 1 saturated carbocycles. The predicted octanol–water partition coefficient (Wildman–Crippen LogP) is 0.975. The van der Waals surface area contributed by atoms with Crippen LogP contribution in [0.5, 0.6) is 0 Å². The van der Waals surface area contributed by atoms with Gasteiger partial charge in [0.05, 0.1) is 5.75 Å². The van der Waals surface area contributed by atoms with Crippen molar-refractivity contribution in [2.24, 2.45) is 0 Å². The molecule has 0 bridgehead atoms. The molecule has 0 spiro atoms. The molecule has 58 valence electrons. The Balaban J connectivity index is 2.30.